The van der Waals surface area contributed by atoms with E-state index in [1.54, 1.807) is 6.07 Å². The summed E-state index contributed by atoms with van der Waals surface area (Å²) in [7, 11) is 0. The summed E-state index contributed by atoms with van der Waals surface area (Å²) in [5.41, 5.74) is 0.828. The molecule has 0 aliphatic carbocycles. The van der Waals surface area contributed by atoms with Gasteiger partial charge in [0.05, 0.1) is 10.6 Å². The Kier molecular flexibility index (Phi) is 6.39. The maximum Gasteiger partial charge on any atom is 0.137 e. The first-order valence-corrected chi connectivity index (χ1v) is 7.28. The molecule has 0 spiro atoms. The van der Waals surface area contributed by atoms with Crippen LogP contribution in [0.1, 0.15) is 18.9 Å². The Balaban J connectivity index is 2.49. The largest absolute Gasteiger partial charge is 0.393 e. The van der Waals surface area contributed by atoms with Crippen molar-refractivity contribution in [3.05, 3.63) is 34.1 Å². The molecular formula is C12H16BrFOS. The molecular weight excluding hydrogens is 291 g/mol. The predicted molar refractivity (Wildman–Crippen MR) is 71.4 cm³/mol. The van der Waals surface area contributed by atoms with Crippen LogP contribution in [-0.4, -0.2) is 22.7 Å². The molecule has 0 amide bonds. The lowest BCUT2D eigenvalue weighted by molar-refractivity contribution is 0.172. The van der Waals surface area contributed by atoms with Gasteiger partial charge in [-0.05, 0) is 51.9 Å². The molecule has 1 nitrogen and oxygen atoms in total. The van der Waals surface area contributed by atoms with Crippen molar-refractivity contribution in [3.63, 3.8) is 0 Å². The quantitative estimate of drug-likeness (QED) is 0.810. The molecule has 0 aromatic heterocycles. The smallest absolute Gasteiger partial charge is 0.137 e. The van der Waals surface area contributed by atoms with Crippen LogP contribution < -0.4 is 0 Å². The summed E-state index contributed by atoms with van der Waals surface area (Å²) in [5.74, 6) is 1.74. The topological polar surface area (TPSA) is 20.2 Å². The van der Waals surface area contributed by atoms with Gasteiger partial charge in [0, 0.05) is 0 Å². The number of aliphatic hydroxyl groups is 1. The molecule has 0 bridgehead atoms. The first-order chi connectivity index (χ1) is 7.65. The fourth-order valence-corrected chi connectivity index (χ4v) is 2.58. The molecule has 0 radical (unpaired) electrons. The zero-order valence-electron chi connectivity index (χ0n) is 9.25. The number of hydrogen-bond acceptors (Lipinski definition) is 2. The summed E-state index contributed by atoms with van der Waals surface area (Å²) in [5, 5.41) is 9.79. The molecule has 1 aromatic rings. The normalized spacial score (nSPS) is 12.8. The molecule has 1 unspecified atom stereocenters. The molecule has 90 valence electrons. The van der Waals surface area contributed by atoms with E-state index in [9.17, 15) is 9.50 Å². The van der Waals surface area contributed by atoms with Crippen LogP contribution >= 0.6 is 27.7 Å². The van der Waals surface area contributed by atoms with Gasteiger partial charge < -0.3 is 5.11 Å². The molecule has 16 heavy (non-hydrogen) atoms. The number of halogens is 2. The van der Waals surface area contributed by atoms with E-state index >= 15 is 0 Å². The zero-order valence-corrected chi connectivity index (χ0v) is 11.7. The minimum atomic E-state index is -0.392. The van der Waals surface area contributed by atoms with E-state index in [0.717, 1.165) is 23.5 Å². The number of aliphatic hydroxyl groups excluding tert-OH is 1. The number of rotatable bonds is 6. The summed E-state index contributed by atoms with van der Waals surface area (Å²) >= 11 is 5.01. The molecule has 0 aliphatic heterocycles. The SMILES string of the molecule is CCSCCC(O)Cc1cccc(F)c1Br. The van der Waals surface area contributed by atoms with Crippen molar-refractivity contribution in [3.8, 4) is 0 Å². The Morgan fingerprint density at radius 3 is 2.94 bits per heavy atom. The average molecular weight is 307 g/mol. The summed E-state index contributed by atoms with van der Waals surface area (Å²) in [6.07, 6.45) is 0.863. The van der Waals surface area contributed by atoms with Gasteiger partial charge in [-0.15, -0.1) is 0 Å². The molecule has 0 aliphatic rings. The molecule has 0 saturated carbocycles. The van der Waals surface area contributed by atoms with Crippen molar-refractivity contribution in [2.24, 2.45) is 0 Å². The molecule has 1 atom stereocenters. The predicted octanol–water partition coefficient (Wildman–Crippen LogP) is 3.63. The Labute approximate surface area is 109 Å². The lowest BCUT2D eigenvalue weighted by Gasteiger charge is -2.11. The lowest BCUT2D eigenvalue weighted by atomic mass is 10.1. The van der Waals surface area contributed by atoms with Crippen molar-refractivity contribution < 1.29 is 9.50 Å². The maximum atomic E-state index is 13.2. The van der Waals surface area contributed by atoms with Crippen molar-refractivity contribution in [2.75, 3.05) is 11.5 Å². The van der Waals surface area contributed by atoms with Crippen LogP contribution in [0.25, 0.3) is 0 Å². The zero-order chi connectivity index (χ0) is 12.0. The van der Waals surface area contributed by atoms with Crippen molar-refractivity contribution in [1.29, 1.82) is 0 Å². The molecule has 1 N–H and O–H groups in total. The van der Waals surface area contributed by atoms with Gasteiger partial charge in [0.2, 0.25) is 0 Å². The second-order valence-corrected chi connectivity index (χ2v) is 5.74. The van der Waals surface area contributed by atoms with E-state index in [1.165, 1.54) is 6.07 Å². The van der Waals surface area contributed by atoms with E-state index in [2.05, 4.69) is 22.9 Å². The second kappa shape index (κ2) is 7.30. The third kappa shape index (κ3) is 4.44. The van der Waals surface area contributed by atoms with E-state index in [1.807, 2.05) is 17.8 Å². The van der Waals surface area contributed by atoms with E-state index in [-0.39, 0.29) is 5.82 Å². The van der Waals surface area contributed by atoms with Crippen LogP contribution in [0.2, 0.25) is 0 Å². The molecule has 4 heteroatoms. The summed E-state index contributed by atoms with van der Waals surface area (Å²) in [6, 6.07) is 4.92. The van der Waals surface area contributed by atoms with Crippen molar-refractivity contribution >= 4 is 27.7 Å². The Morgan fingerprint density at radius 1 is 1.50 bits per heavy atom. The number of hydrogen-bond donors (Lipinski definition) is 1. The van der Waals surface area contributed by atoms with Crippen LogP contribution in [0.3, 0.4) is 0 Å². The first-order valence-electron chi connectivity index (χ1n) is 5.33. The number of benzene rings is 1. The second-order valence-electron chi connectivity index (χ2n) is 3.56. The van der Waals surface area contributed by atoms with Crippen LogP contribution in [-0.2, 0) is 6.42 Å². The average Bonchev–Trinajstić information content (AvgIpc) is 2.25. The standard InChI is InChI=1S/C12H16BrFOS/c1-2-16-7-6-10(15)8-9-4-3-5-11(14)12(9)13/h3-5,10,15H,2,6-8H2,1H3. The van der Waals surface area contributed by atoms with Gasteiger partial charge >= 0.3 is 0 Å². The van der Waals surface area contributed by atoms with Gasteiger partial charge in [-0.3, -0.25) is 0 Å². The molecule has 1 aromatic carbocycles. The van der Waals surface area contributed by atoms with Gasteiger partial charge in [-0.25, -0.2) is 4.39 Å². The van der Waals surface area contributed by atoms with Crippen molar-refractivity contribution in [1.82, 2.24) is 0 Å². The summed E-state index contributed by atoms with van der Waals surface area (Å²) in [4.78, 5) is 0. The third-order valence-corrected chi connectivity index (χ3v) is 4.11. The highest BCUT2D eigenvalue weighted by Crippen LogP contribution is 2.22. The minimum Gasteiger partial charge on any atom is -0.393 e. The summed E-state index contributed by atoms with van der Waals surface area (Å²) in [6.45, 7) is 2.10. The van der Waals surface area contributed by atoms with Crippen LogP contribution in [0.5, 0.6) is 0 Å². The van der Waals surface area contributed by atoms with Gasteiger partial charge in [0.25, 0.3) is 0 Å². The van der Waals surface area contributed by atoms with E-state index < -0.39 is 6.10 Å². The maximum absolute atomic E-state index is 13.2. The van der Waals surface area contributed by atoms with Crippen molar-refractivity contribution in [2.45, 2.75) is 25.9 Å². The molecule has 0 heterocycles. The third-order valence-electron chi connectivity index (χ3n) is 2.29. The minimum absolute atomic E-state index is 0.271. The van der Waals surface area contributed by atoms with Crippen LogP contribution in [0.4, 0.5) is 4.39 Å². The Morgan fingerprint density at radius 2 is 2.25 bits per heavy atom. The highest BCUT2D eigenvalue weighted by atomic mass is 79.9. The van der Waals surface area contributed by atoms with E-state index in [4.69, 9.17) is 0 Å². The van der Waals surface area contributed by atoms with Gasteiger partial charge in [0.1, 0.15) is 5.82 Å². The van der Waals surface area contributed by atoms with E-state index in [0.29, 0.717) is 10.9 Å². The molecule has 1 rings (SSSR count). The molecule has 0 saturated heterocycles. The fourth-order valence-electron chi connectivity index (χ4n) is 1.43. The first kappa shape index (κ1) is 14.0. The molecule has 0 fully saturated rings. The monoisotopic (exact) mass is 306 g/mol. The van der Waals surface area contributed by atoms with Gasteiger partial charge in [-0.2, -0.15) is 11.8 Å². The lowest BCUT2D eigenvalue weighted by Crippen LogP contribution is -2.12. The highest BCUT2D eigenvalue weighted by Gasteiger charge is 2.10. The van der Waals surface area contributed by atoms with Crippen LogP contribution in [0.15, 0.2) is 22.7 Å². The van der Waals surface area contributed by atoms with Crippen LogP contribution in [0, 0.1) is 5.82 Å². The van der Waals surface area contributed by atoms with Gasteiger partial charge in [-0.1, -0.05) is 19.1 Å². The Bertz CT molecular complexity index is 333. The van der Waals surface area contributed by atoms with Gasteiger partial charge in [0.15, 0.2) is 0 Å². The Hall–Kier alpha value is -0.0600. The summed E-state index contributed by atoms with van der Waals surface area (Å²) < 4.78 is 13.7. The fraction of sp³-hybridized carbons (Fsp3) is 0.500. The highest BCUT2D eigenvalue weighted by molar-refractivity contribution is 9.10. The number of thioether (sulfide) groups is 1.